The number of nitrogens with one attached hydrogen (secondary N) is 1. The highest BCUT2D eigenvalue weighted by Gasteiger charge is 2.35. The number of rotatable bonds is 5. The van der Waals surface area contributed by atoms with Gasteiger partial charge < -0.3 is 13.8 Å². The number of carbonyl (C=O) groups is 1. The van der Waals surface area contributed by atoms with E-state index >= 15 is 0 Å². The molecule has 1 saturated heterocycles. The third-order valence-electron chi connectivity index (χ3n) is 5.36. The Morgan fingerprint density at radius 3 is 2.90 bits per heavy atom. The van der Waals surface area contributed by atoms with Gasteiger partial charge in [-0.2, -0.15) is 10.1 Å². The van der Waals surface area contributed by atoms with Crippen molar-refractivity contribution in [2.45, 2.75) is 32.1 Å². The average molecular weight is 403 g/mol. The number of aromatic nitrogens is 4. The average Bonchev–Trinajstić information content (AvgIpc) is 3.53. The first kappa shape index (κ1) is 18.4. The maximum absolute atomic E-state index is 12.7. The molecular formula is C22H21N5O3. The van der Waals surface area contributed by atoms with Crippen LogP contribution in [0.3, 0.4) is 0 Å². The Kier molecular flexibility index (Phi) is 4.46. The van der Waals surface area contributed by atoms with E-state index < -0.39 is 0 Å². The Labute approximate surface area is 172 Å². The molecule has 4 aromatic rings. The Balaban J connectivity index is 1.35. The highest BCUT2D eigenvalue weighted by atomic mass is 16.5. The molecule has 1 fully saturated rings. The quantitative estimate of drug-likeness (QED) is 0.531. The summed E-state index contributed by atoms with van der Waals surface area (Å²) in [7, 11) is 0. The molecule has 3 aromatic heterocycles. The largest absolute Gasteiger partial charge is 0.463 e. The van der Waals surface area contributed by atoms with E-state index in [2.05, 4.69) is 46.3 Å². The summed E-state index contributed by atoms with van der Waals surface area (Å²) in [6, 6.07) is 13.5. The molecule has 1 N–H and O–H groups in total. The van der Waals surface area contributed by atoms with Gasteiger partial charge in [-0.05, 0) is 35.7 Å². The SMILES string of the molecule is CC(C)c1cccc(N2CC(c3noc(-c4cc(-c5ccco5)n[nH]4)n3)CC2=O)c1. The summed E-state index contributed by atoms with van der Waals surface area (Å²) in [4.78, 5) is 19.0. The van der Waals surface area contributed by atoms with Crippen molar-refractivity contribution < 1.29 is 13.7 Å². The fraction of sp³-hybridized carbons (Fsp3) is 0.273. The van der Waals surface area contributed by atoms with Crippen LogP contribution in [0.1, 0.15) is 43.5 Å². The number of furan rings is 1. The lowest BCUT2D eigenvalue weighted by Gasteiger charge is -2.18. The van der Waals surface area contributed by atoms with Gasteiger partial charge in [-0.25, -0.2) is 0 Å². The second kappa shape index (κ2) is 7.29. The molecule has 5 rings (SSSR count). The fourth-order valence-corrected chi connectivity index (χ4v) is 3.67. The van der Waals surface area contributed by atoms with Crippen molar-refractivity contribution in [2.75, 3.05) is 11.4 Å². The third kappa shape index (κ3) is 3.30. The maximum atomic E-state index is 12.7. The van der Waals surface area contributed by atoms with Crippen LogP contribution in [0.4, 0.5) is 5.69 Å². The topological polar surface area (TPSA) is 101 Å². The summed E-state index contributed by atoms with van der Waals surface area (Å²) in [5.41, 5.74) is 3.37. The number of nitrogens with zero attached hydrogens (tertiary/aromatic N) is 4. The predicted molar refractivity (Wildman–Crippen MR) is 110 cm³/mol. The Bertz CT molecular complexity index is 1180. The van der Waals surface area contributed by atoms with Gasteiger partial charge in [0.25, 0.3) is 5.89 Å². The Morgan fingerprint density at radius 2 is 2.10 bits per heavy atom. The highest BCUT2D eigenvalue weighted by Crippen LogP contribution is 2.33. The fourth-order valence-electron chi connectivity index (χ4n) is 3.67. The molecule has 1 aliphatic rings. The van der Waals surface area contributed by atoms with E-state index in [4.69, 9.17) is 8.94 Å². The van der Waals surface area contributed by atoms with Crippen molar-refractivity contribution in [3.8, 4) is 23.0 Å². The van der Waals surface area contributed by atoms with Gasteiger partial charge in [-0.3, -0.25) is 9.89 Å². The van der Waals surface area contributed by atoms with Crippen LogP contribution in [0.2, 0.25) is 0 Å². The Hall–Kier alpha value is -3.68. The molecule has 152 valence electrons. The van der Waals surface area contributed by atoms with Gasteiger partial charge in [0.15, 0.2) is 11.6 Å². The van der Waals surface area contributed by atoms with Gasteiger partial charge in [0, 0.05) is 30.6 Å². The lowest BCUT2D eigenvalue weighted by molar-refractivity contribution is -0.117. The van der Waals surface area contributed by atoms with E-state index in [-0.39, 0.29) is 11.8 Å². The van der Waals surface area contributed by atoms with E-state index in [9.17, 15) is 4.79 Å². The van der Waals surface area contributed by atoms with E-state index in [0.29, 0.717) is 47.7 Å². The standard InChI is InChI=1S/C22H21N5O3/c1-13(2)14-5-3-6-16(9-14)27-12-15(10-20(27)28)21-23-22(30-26-21)18-11-17(24-25-18)19-7-4-8-29-19/h3-9,11,13,15H,10,12H2,1-2H3,(H,24,25). The van der Waals surface area contributed by atoms with Crippen LogP contribution in [0.25, 0.3) is 23.0 Å². The van der Waals surface area contributed by atoms with Crippen LogP contribution >= 0.6 is 0 Å². The van der Waals surface area contributed by atoms with Gasteiger partial charge >= 0.3 is 0 Å². The number of aromatic amines is 1. The molecular weight excluding hydrogens is 382 g/mol. The van der Waals surface area contributed by atoms with Gasteiger partial charge in [0.05, 0.1) is 6.26 Å². The van der Waals surface area contributed by atoms with Gasteiger partial charge in [0.1, 0.15) is 11.4 Å². The molecule has 0 aliphatic carbocycles. The number of H-pyrrole nitrogens is 1. The molecule has 1 aromatic carbocycles. The van der Waals surface area contributed by atoms with Crippen LogP contribution in [-0.4, -0.2) is 32.8 Å². The molecule has 8 heteroatoms. The molecule has 8 nitrogen and oxygen atoms in total. The molecule has 30 heavy (non-hydrogen) atoms. The van der Waals surface area contributed by atoms with Gasteiger partial charge in [-0.1, -0.05) is 31.1 Å². The molecule has 0 spiro atoms. The summed E-state index contributed by atoms with van der Waals surface area (Å²) in [5.74, 6) is 1.86. The van der Waals surface area contributed by atoms with Crippen LogP contribution in [-0.2, 0) is 4.79 Å². The normalized spacial score (nSPS) is 16.7. The summed E-state index contributed by atoms with van der Waals surface area (Å²) >= 11 is 0. The number of anilines is 1. The summed E-state index contributed by atoms with van der Waals surface area (Å²) < 4.78 is 10.8. The first-order chi connectivity index (χ1) is 14.6. The van der Waals surface area contributed by atoms with Crippen LogP contribution in [0.15, 0.2) is 57.7 Å². The number of benzene rings is 1. The zero-order valence-electron chi connectivity index (χ0n) is 16.7. The van der Waals surface area contributed by atoms with Crippen molar-refractivity contribution in [3.63, 3.8) is 0 Å². The Morgan fingerprint density at radius 1 is 1.20 bits per heavy atom. The van der Waals surface area contributed by atoms with Crippen LogP contribution < -0.4 is 4.90 Å². The molecule has 1 atom stereocenters. The summed E-state index contributed by atoms with van der Waals surface area (Å²) in [6.07, 6.45) is 1.94. The number of amides is 1. The van der Waals surface area contributed by atoms with Crippen molar-refractivity contribution in [3.05, 3.63) is 60.1 Å². The van der Waals surface area contributed by atoms with Crippen LogP contribution in [0.5, 0.6) is 0 Å². The lowest BCUT2D eigenvalue weighted by atomic mass is 10.0. The first-order valence-corrected chi connectivity index (χ1v) is 9.92. The van der Waals surface area contributed by atoms with E-state index in [1.807, 2.05) is 18.2 Å². The molecule has 1 aliphatic heterocycles. The monoisotopic (exact) mass is 403 g/mol. The van der Waals surface area contributed by atoms with E-state index in [0.717, 1.165) is 5.69 Å². The molecule has 0 saturated carbocycles. The zero-order chi connectivity index (χ0) is 20.7. The third-order valence-corrected chi connectivity index (χ3v) is 5.36. The molecule has 0 bridgehead atoms. The van der Waals surface area contributed by atoms with Crippen molar-refractivity contribution in [1.29, 1.82) is 0 Å². The molecule has 0 radical (unpaired) electrons. The first-order valence-electron chi connectivity index (χ1n) is 9.92. The lowest BCUT2D eigenvalue weighted by Crippen LogP contribution is -2.24. The summed E-state index contributed by atoms with van der Waals surface area (Å²) in [6.45, 7) is 4.81. The molecule has 1 unspecified atom stereocenters. The maximum Gasteiger partial charge on any atom is 0.275 e. The molecule has 1 amide bonds. The number of hydrogen-bond donors (Lipinski definition) is 1. The van der Waals surface area contributed by atoms with E-state index in [1.54, 1.807) is 23.3 Å². The van der Waals surface area contributed by atoms with Gasteiger partial charge in [-0.15, -0.1) is 0 Å². The minimum absolute atomic E-state index is 0.0638. The summed E-state index contributed by atoms with van der Waals surface area (Å²) in [5, 5.41) is 11.2. The van der Waals surface area contributed by atoms with Crippen molar-refractivity contribution >= 4 is 11.6 Å². The van der Waals surface area contributed by atoms with Crippen molar-refractivity contribution in [1.82, 2.24) is 20.3 Å². The second-order valence-corrected chi connectivity index (χ2v) is 7.76. The highest BCUT2D eigenvalue weighted by molar-refractivity contribution is 5.96. The minimum atomic E-state index is -0.120. The molecule has 4 heterocycles. The van der Waals surface area contributed by atoms with Crippen molar-refractivity contribution in [2.24, 2.45) is 0 Å². The van der Waals surface area contributed by atoms with E-state index in [1.165, 1.54) is 5.56 Å². The second-order valence-electron chi connectivity index (χ2n) is 7.76. The minimum Gasteiger partial charge on any atom is -0.463 e. The van der Waals surface area contributed by atoms with Gasteiger partial charge in [0.2, 0.25) is 5.91 Å². The smallest absolute Gasteiger partial charge is 0.275 e. The number of carbonyl (C=O) groups excluding carboxylic acids is 1. The van der Waals surface area contributed by atoms with Crippen LogP contribution in [0, 0.1) is 0 Å². The predicted octanol–water partition coefficient (Wildman–Crippen LogP) is 4.36. The number of hydrogen-bond acceptors (Lipinski definition) is 6. The zero-order valence-corrected chi connectivity index (χ0v) is 16.7.